The number of carbonyl (C=O) groups is 1. The Morgan fingerprint density at radius 1 is 1.12 bits per heavy atom. The van der Waals surface area contributed by atoms with Crippen molar-refractivity contribution in [3.63, 3.8) is 0 Å². The molecule has 124 valence electrons. The lowest BCUT2D eigenvalue weighted by molar-refractivity contribution is 0.0697. The Balaban J connectivity index is 1.35. The minimum absolute atomic E-state index is 0.250. The van der Waals surface area contributed by atoms with Crippen LogP contribution in [0.5, 0.6) is 5.75 Å². The van der Waals surface area contributed by atoms with E-state index in [1.807, 2.05) is 24.3 Å². The standard InChI is InChI=1S/C18H18N2O4/c21-17(22)13-7-9-14(10-8-13)23-12-4-3-11-19-18-20-15-5-1-2-6-16(15)24-18/h1-2,5-10H,3-4,11-12H2,(H2,19,20,21,22)/p-1. The topological polar surface area (TPSA) is 86.7 Å². The molecule has 1 aromatic heterocycles. The number of oxazole rings is 1. The summed E-state index contributed by atoms with van der Waals surface area (Å²) in [5.41, 5.74) is 1.80. The first-order chi connectivity index (χ1) is 11.7. The van der Waals surface area contributed by atoms with Crippen LogP contribution in [0.15, 0.2) is 52.9 Å². The first kappa shape index (κ1) is 15.9. The van der Waals surface area contributed by atoms with Crippen LogP contribution in [-0.2, 0) is 0 Å². The van der Waals surface area contributed by atoms with Gasteiger partial charge in [-0.3, -0.25) is 0 Å². The second-order valence-electron chi connectivity index (χ2n) is 5.23. The van der Waals surface area contributed by atoms with E-state index in [0.717, 1.165) is 23.9 Å². The van der Waals surface area contributed by atoms with Gasteiger partial charge in [-0.05, 0) is 43.3 Å². The van der Waals surface area contributed by atoms with Crippen molar-refractivity contribution in [2.75, 3.05) is 13.2 Å². The lowest BCUT2D eigenvalue weighted by atomic mass is 10.2. The Kier molecular flexibility index (Phi) is 4.96. The number of unbranched alkanes of at least 4 members (excludes halogenated alkanes) is 1. The molecule has 0 amide bonds. The predicted molar refractivity (Wildman–Crippen MR) is 90.0 cm³/mol. The molecule has 6 heteroatoms. The molecule has 0 aliphatic heterocycles. The van der Waals surface area contributed by atoms with Crippen molar-refractivity contribution < 1.29 is 19.1 Å². The van der Waals surface area contributed by atoms with E-state index in [4.69, 9.17) is 14.3 Å². The predicted octanol–water partition coefficient (Wildman–Crippen LogP) is 4.39. The average Bonchev–Trinajstić information content (AvgIpc) is 3.01. The summed E-state index contributed by atoms with van der Waals surface area (Å²) in [6, 6.07) is 14.3. The zero-order valence-electron chi connectivity index (χ0n) is 13.0. The lowest BCUT2D eigenvalue weighted by Crippen LogP contribution is -2.00. The number of para-hydroxylation sites is 2. The Hall–Kier alpha value is -3.02. The maximum absolute atomic E-state index is 10.8. The molecule has 0 fully saturated rings. The fourth-order valence-corrected chi connectivity index (χ4v) is 2.20. The molecule has 1 N–H and O–H groups in total. The smallest absolute Gasteiger partial charge is 0.335 e. The molecule has 0 unspecified atom stereocenters. The number of ether oxygens (including phenoxy) is 1. The van der Waals surface area contributed by atoms with Crippen molar-refractivity contribution in [3.8, 4) is 5.75 Å². The van der Waals surface area contributed by atoms with Crippen LogP contribution < -0.4 is 4.74 Å². The molecule has 0 atom stereocenters. The van der Waals surface area contributed by atoms with Gasteiger partial charge in [0.05, 0.1) is 12.2 Å². The number of carboxylic acid groups (broad SMARTS) is 1. The van der Waals surface area contributed by atoms with E-state index in [2.05, 4.69) is 10.3 Å². The minimum Gasteiger partial charge on any atom is -0.494 e. The summed E-state index contributed by atoms with van der Waals surface area (Å²) >= 11 is 0. The molecule has 0 aliphatic carbocycles. The molecule has 2 aromatic carbocycles. The summed E-state index contributed by atoms with van der Waals surface area (Å²) in [7, 11) is 0. The summed E-state index contributed by atoms with van der Waals surface area (Å²) in [5.74, 6) is -0.279. The zero-order valence-corrected chi connectivity index (χ0v) is 13.0. The summed E-state index contributed by atoms with van der Waals surface area (Å²) in [6.45, 7) is 1.17. The van der Waals surface area contributed by atoms with Gasteiger partial charge in [0, 0.05) is 5.52 Å². The minimum atomic E-state index is -0.942. The van der Waals surface area contributed by atoms with Gasteiger partial charge in [0.25, 0.3) is 0 Å². The molecule has 3 rings (SSSR count). The van der Waals surface area contributed by atoms with Crippen LogP contribution >= 0.6 is 0 Å². The number of hydrogen-bond donors (Lipinski definition) is 1. The highest BCUT2D eigenvalue weighted by Gasteiger charge is 2.01. The highest BCUT2D eigenvalue weighted by Crippen LogP contribution is 2.24. The van der Waals surface area contributed by atoms with Gasteiger partial charge in [-0.1, -0.05) is 24.6 Å². The quantitative estimate of drug-likeness (QED) is 0.621. The Labute approximate surface area is 139 Å². The summed E-state index contributed by atoms with van der Waals surface area (Å²) in [4.78, 5) is 15.0. The number of fused-ring (bicyclic) bond motifs is 1. The van der Waals surface area contributed by atoms with E-state index in [9.17, 15) is 4.79 Å². The number of hydrogen-bond acceptors (Lipinski definition) is 4. The fraction of sp³-hybridized carbons (Fsp3) is 0.222. The maximum atomic E-state index is 10.8. The fourth-order valence-electron chi connectivity index (χ4n) is 2.20. The molecule has 0 bridgehead atoms. The molecule has 0 saturated carbocycles. The summed E-state index contributed by atoms with van der Waals surface area (Å²) in [6.07, 6.45) is 1.69. The van der Waals surface area contributed by atoms with Crippen molar-refractivity contribution in [3.05, 3.63) is 59.4 Å². The van der Waals surface area contributed by atoms with Gasteiger partial charge >= 0.3 is 5.97 Å². The van der Waals surface area contributed by atoms with E-state index in [1.54, 1.807) is 12.1 Å². The molecule has 6 nitrogen and oxygen atoms in total. The van der Waals surface area contributed by atoms with Gasteiger partial charge in [0.15, 0.2) is 0 Å². The molecule has 3 aromatic rings. The van der Waals surface area contributed by atoms with Crippen LogP contribution in [0.3, 0.4) is 0 Å². The van der Waals surface area contributed by atoms with Crippen molar-refractivity contribution in [1.29, 1.82) is 0 Å². The van der Waals surface area contributed by atoms with Gasteiger partial charge in [0.2, 0.25) is 0 Å². The van der Waals surface area contributed by atoms with Gasteiger partial charge in [0.1, 0.15) is 17.3 Å². The van der Waals surface area contributed by atoms with Crippen LogP contribution in [0, 0.1) is 0 Å². The third-order valence-corrected chi connectivity index (χ3v) is 3.45. The third-order valence-electron chi connectivity index (χ3n) is 3.45. The molecular formula is C18H17N2O4-. The van der Waals surface area contributed by atoms with E-state index < -0.39 is 5.97 Å². The van der Waals surface area contributed by atoms with Crippen molar-refractivity contribution in [2.45, 2.75) is 12.8 Å². The molecule has 0 aliphatic rings. The monoisotopic (exact) mass is 325 g/mol. The summed E-state index contributed by atoms with van der Waals surface area (Å²) < 4.78 is 11.1. The van der Waals surface area contributed by atoms with Gasteiger partial charge in [-0.15, -0.1) is 0 Å². The second-order valence-corrected chi connectivity index (χ2v) is 5.23. The highest BCUT2D eigenvalue weighted by atomic mass is 16.5. The van der Waals surface area contributed by atoms with E-state index in [-0.39, 0.29) is 5.56 Å². The van der Waals surface area contributed by atoms with Crippen LogP contribution in [0.1, 0.15) is 23.2 Å². The largest absolute Gasteiger partial charge is 0.494 e. The number of aromatic carboxylic acids is 1. The van der Waals surface area contributed by atoms with Crippen LogP contribution in [-0.4, -0.2) is 29.2 Å². The average molecular weight is 325 g/mol. The molecule has 1 heterocycles. The first-order valence-electron chi connectivity index (χ1n) is 7.71. The number of benzene rings is 2. The SMILES string of the molecule is O=C(O)c1ccc(OCCCC[N-]c2nc3ccccc3o2)cc1. The number of rotatable bonds is 8. The summed E-state index contributed by atoms with van der Waals surface area (Å²) in [5, 5.41) is 13.1. The zero-order chi connectivity index (χ0) is 16.8. The Bertz CT molecular complexity index is 778. The lowest BCUT2D eigenvalue weighted by Gasteiger charge is -2.09. The van der Waals surface area contributed by atoms with Gasteiger partial charge in [-0.2, -0.15) is 0 Å². The van der Waals surface area contributed by atoms with E-state index >= 15 is 0 Å². The number of aromatic nitrogens is 1. The second kappa shape index (κ2) is 7.50. The molecular weight excluding hydrogens is 308 g/mol. The normalized spacial score (nSPS) is 10.7. The van der Waals surface area contributed by atoms with E-state index in [1.165, 1.54) is 12.1 Å². The van der Waals surface area contributed by atoms with Crippen LogP contribution in [0.4, 0.5) is 6.01 Å². The third kappa shape index (κ3) is 4.04. The van der Waals surface area contributed by atoms with Gasteiger partial charge in [-0.25, -0.2) is 4.79 Å². The van der Waals surface area contributed by atoms with Gasteiger partial charge < -0.3 is 24.6 Å². The van der Waals surface area contributed by atoms with Crippen LogP contribution in [0.25, 0.3) is 16.4 Å². The van der Waals surface area contributed by atoms with Crippen molar-refractivity contribution >= 4 is 23.1 Å². The van der Waals surface area contributed by atoms with Crippen LogP contribution in [0.2, 0.25) is 0 Å². The first-order valence-corrected chi connectivity index (χ1v) is 7.71. The molecule has 24 heavy (non-hydrogen) atoms. The molecule has 0 spiro atoms. The molecule has 0 saturated heterocycles. The number of carboxylic acids is 1. The number of nitrogens with zero attached hydrogens (tertiary/aromatic N) is 2. The molecule has 0 radical (unpaired) electrons. The van der Waals surface area contributed by atoms with Crippen molar-refractivity contribution in [1.82, 2.24) is 4.98 Å². The maximum Gasteiger partial charge on any atom is 0.335 e. The van der Waals surface area contributed by atoms with Crippen molar-refractivity contribution in [2.24, 2.45) is 0 Å². The Morgan fingerprint density at radius 3 is 2.67 bits per heavy atom. The highest BCUT2D eigenvalue weighted by molar-refractivity contribution is 5.87. The Morgan fingerprint density at radius 2 is 1.92 bits per heavy atom. The van der Waals surface area contributed by atoms with E-state index in [0.29, 0.717) is 24.9 Å².